The molecule has 1 fully saturated rings. The zero-order valence-corrected chi connectivity index (χ0v) is 20.4. The second-order valence-electron chi connectivity index (χ2n) is 9.10. The molecule has 4 rings (SSSR count). The number of carbonyl (C=O) groups is 1. The maximum atomic E-state index is 14.1. The number of nitrogens with one attached hydrogen (secondary N) is 1. The molecule has 1 heterocycles. The lowest BCUT2D eigenvalue weighted by molar-refractivity contribution is -0.126. The smallest absolute Gasteiger partial charge is 0.223 e. The van der Waals surface area contributed by atoms with Gasteiger partial charge >= 0.3 is 0 Å². The van der Waals surface area contributed by atoms with Gasteiger partial charge in [0.25, 0.3) is 0 Å². The molecule has 0 aromatic heterocycles. The van der Waals surface area contributed by atoms with Gasteiger partial charge < -0.3 is 5.32 Å². The highest BCUT2D eigenvalue weighted by atomic mass is 35.5. The van der Waals surface area contributed by atoms with Crippen molar-refractivity contribution in [3.05, 3.63) is 69.5 Å². The van der Waals surface area contributed by atoms with Crippen LogP contribution in [0.2, 0.25) is 5.02 Å². The van der Waals surface area contributed by atoms with Crippen LogP contribution in [0.25, 0.3) is 0 Å². The Balaban J connectivity index is 1.33. The van der Waals surface area contributed by atoms with E-state index in [1.165, 1.54) is 46.5 Å². The molecular formula is C25H30ClFN2O3S. The van der Waals surface area contributed by atoms with Gasteiger partial charge in [0, 0.05) is 29.6 Å². The summed E-state index contributed by atoms with van der Waals surface area (Å²) in [4.78, 5) is 12.9. The van der Waals surface area contributed by atoms with Gasteiger partial charge in [0.2, 0.25) is 15.9 Å². The molecule has 178 valence electrons. The summed E-state index contributed by atoms with van der Waals surface area (Å²) in [5.41, 5.74) is 3.88. The molecule has 5 nitrogen and oxygen atoms in total. The van der Waals surface area contributed by atoms with Crippen LogP contribution in [0.5, 0.6) is 0 Å². The predicted octanol–water partition coefficient (Wildman–Crippen LogP) is 4.78. The molecule has 1 atom stereocenters. The highest BCUT2D eigenvalue weighted by Crippen LogP contribution is 2.28. The number of fused-ring (bicyclic) bond motifs is 1. The quantitative estimate of drug-likeness (QED) is 0.631. The summed E-state index contributed by atoms with van der Waals surface area (Å²) in [5, 5.41) is 3.21. The molecule has 0 spiro atoms. The van der Waals surface area contributed by atoms with Gasteiger partial charge in [-0.05, 0) is 74.3 Å². The van der Waals surface area contributed by atoms with Crippen molar-refractivity contribution in [2.45, 2.75) is 57.2 Å². The fourth-order valence-corrected chi connectivity index (χ4v) is 6.69. The standard InChI is InChI=1S/C25H30ClFN2O3S/c1-17(20-10-9-18-5-2-3-6-21(18)15-20)28-25(30)19-11-13-29(14-12-19)33(31,32)16-22-23(26)7-4-8-24(22)27/h4,7-10,15,17,19H,2-3,5-6,11-14,16H2,1H3,(H,28,30)/t17-/m0/s1. The van der Waals surface area contributed by atoms with Crippen LogP contribution < -0.4 is 5.32 Å². The van der Waals surface area contributed by atoms with Crippen LogP contribution >= 0.6 is 11.6 Å². The number of hydrogen-bond acceptors (Lipinski definition) is 3. The van der Waals surface area contributed by atoms with Crippen LogP contribution in [0, 0.1) is 11.7 Å². The fourth-order valence-electron chi connectivity index (χ4n) is 4.78. The Hall–Kier alpha value is -1.96. The first-order valence-electron chi connectivity index (χ1n) is 11.6. The Kier molecular flexibility index (Phi) is 7.41. The lowest BCUT2D eigenvalue weighted by Crippen LogP contribution is -2.43. The Labute approximate surface area is 200 Å². The van der Waals surface area contributed by atoms with Gasteiger partial charge in [-0.2, -0.15) is 0 Å². The Morgan fingerprint density at radius 1 is 1.15 bits per heavy atom. The van der Waals surface area contributed by atoms with Crippen LogP contribution in [0.1, 0.15) is 60.9 Å². The summed E-state index contributed by atoms with van der Waals surface area (Å²) in [6.45, 7) is 2.46. The summed E-state index contributed by atoms with van der Waals surface area (Å²) < 4.78 is 41.0. The number of hydrogen-bond donors (Lipinski definition) is 1. The number of sulfonamides is 1. The average Bonchev–Trinajstić information content (AvgIpc) is 2.81. The largest absolute Gasteiger partial charge is 0.349 e. The molecule has 2 aromatic carbocycles. The molecule has 8 heteroatoms. The van der Waals surface area contributed by atoms with E-state index >= 15 is 0 Å². The second kappa shape index (κ2) is 10.1. The van der Waals surface area contributed by atoms with Gasteiger partial charge in [0.1, 0.15) is 5.82 Å². The minimum absolute atomic E-state index is 0.0158. The summed E-state index contributed by atoms with van der Waals surface area (Å²) in [5.74, 6) is -1.40. The SMILES string of the molecule is C[C@H](NC(=O)C1CCN(S(=O)(=O)Cc2c(F)cccc2Cl)CC1)c1ccc2c(c1)CCCC2. The van der Waals surface area contributed by atoms with E-state index in [9.17, 15) is 17.6 Å². The molecule has 1 aliphatic heterocycles. The van der Waals surface area contributed by atoms with Crippen molar-refractivity contribution >= 4 is 27.5 Å². The molecule has 1 saturated heterocycles. The van der Waals surface area contributed by atoms with E-state index in [0.717, 1.165) is 18.4 Å². The molecule has 0 radical (unpaired) electrons. The van der Waals surface area contributed by atoms with Gasteiger partial charge in [-0.1, -0.05) is 35.9 Å². The molecule has 33 heavy (non-hydrogen) atoms. The molecule has 1 N–H and O–H groups in total. The van der Waals surface area contributed by atoms with E-state index in [0.29, 0.717) is 12.8 Å². The maximum Gasteiger partial charge on any atom is 0.223 e. The third-order valence-corrected chi connectivity index (χ3v) is 9.00. The second-order valence-corrected chi connectivity index (χ2v) is 11.5. The first-order chi connectivity index (χ1) is 15.7. The Morgan fingerprint density at radius 3 is 2.55 bits per heavy atom. The molecule has 0 saturated carbocycles. The van der Waals surface area contributed by atoms with Crippen LogP contribution in [0.4, 0.5) is 4.39 Å². The normalized spacial score (nSPS) is 18.5. The highest BCUT2D eigenvalue weighted by Gasteiger charge is 2.32. The van der Waals surface area contributed by atoms with E-state index in [2.05, 4.69) is 23.5 Å². The van der Waals surface area contributed by atoms with Gasteiger partial charge in [0.15, 0.2) is 0 Å². The van der Waals surface area contributed by atoms with Gasteiger partial charge in [0.05, 0.1) is 11.8 Å². The van der Waals surface area contributed by atoms with Crippen molar-refractivity contribution in [2.24, 2.45) is 5.92 Å². The summed E-state index contributed by atoms with van der Waals surface area (Å²) in [7, 11) is -3.73. The van der Waals surface area contributed by atoms with Crippen LogP contribution in [0.3, 0.4) is 0 Å². The molecule has 1 aliphatic carbocycles. The molecule has 1 amide bonds. The van der Waals surface area contributed by atoms with E-state index in [4.69, 9.17) is 11.6 Å². The minimum atomic E-state index is -3.73. The zero-order valence-electron chi connectivity index (χ0n) is 18.8. The number of amides is 1. The average molecular weight is 493 g/mol. The number of carbonyl (C=O) groups excluding carboxylic acids is 1. The van der Waals surface area contributed by atoms with E-state index in [-0.39, 0.29) is 41.5 Å². The molecule has 0 unspecified atom stereocenters. The highest BCUT2D eigenvalue weighted by molar-refractivity contribution is 7.88. The zero-order chi connectivity index (χ0) is 23.6. The van der Waals surface area contributed by atoms with Crippen molar-refractivity contribution in [3.63, 3.8) is 0 Å². The lowest BCUT2D eigenvalue weighted by Gasteiger charge is -2.31. The fraction of sp³-hybridized carbons (Fsp3) is 0.480. The first-order valence-corrected chi connectivity index (χ1v) is 13.6. The van der Waals surface area contributed by atoms with Crippen molar-refractivity contribution in [2.75, 3.05) is 13.1 Å². The van der Waals surface area contributed by atoms with Crippen molar-refractivity contribution in [1.82, 2.24) is 9.62 Å². The first kappa shape index (κ1) is 24.2. The number of halogens is 2. The number of benzene rings is 2. The van der Waals surface area contributed by atoms with E-state index in [1.807, 2.05) is 6.92 Å². The van der Waals surface area contributed by atoms with Crippen molar-refractivity contribution < 1.29 is 17.6 Å². The molecule has 2 aliphatic rings. The third kappa shape index (κ3) is 5.58. The van der Waals surface area contributed by atoms with Crippen LogP contribution in [0.15, 0.2) is 36.4 Å². The number of aryl methyl sites for hydroxylation is 2. The van der Waals surface area contributed by atoms with E-state index in [1.54, 1.807) is 0 Å². The maximum absolute atomic E-state index is 14.1. The van der Waals surface area contributed by atoms with Crippen molar-refractivity contribution in [3.8, 4) is 0 Å². The van der Waals surface area contributed by atoms with Crippen LogP contribution in [-0.4, -0.2) is 31.7 Å². The molecule has 0 bridgehead atoms. The molecule has 2 aromatic rings. The third-order valence-electron chi connectivity index (χ3n) is 6.84. The predicted molar refractivity (Wildman–Crippen MR) is 128 cm³/mol. The summed E-state index contributed by atoms with van der Waals surface area (Å²) >= 11 is 6.00. The number of nitrogens with zero attached hydrogens (tertiary/aromatic N) is 1. The van der Waals surface area contributed by atoms with Gasteiger partial charge in [-0.25, -0.2) is 17.1 Å². The van der Waals surface area contributed by atoms with E-state index < -0.39 is 21.6 Å². The lowest BCUT2D eigenvalue weighted by atomic mass is 9.89. The van der Waals surface area contributed by atoms with Gasteiger partial charge in [-0.3, -0.25) is 4.79 Å². The number of piperidine rings is 1. The van der Waals surface area contributed by atoms with Gasteiger partial charge in [-0.15, -0.1) is 0 Å². The van der Waals surface area contributed by atoms with Crippen molar-refractivity contribution in [1.29, 1.82) is 0 Å². The number of rotatable bonds is 6. The monoisotopic (exact) mass is 492 g/mol. The Morgan fingerprint density at radius 2 is 1.85 bits per heavy atom. The summed E-state index contributed by atoms with van der Waals surface area (Å²) in [6, 6.07) is 10.5. The summed E-state index contributed by atoms with van der Waals surface area (Å²) in [6.07, 6.45) is 5.54. The topological polar surface area (TPSA) is 66.5 Å². The Bertz CT molecular complexity index is 1110. The molecular weight excluding hydrogens is 463 g/mol. The van der Waals surface area contributed by atoms with Crippen LogP contribution in [-0.2, 0) is 33.4 Å². The minimum Gasteiger partial charge on any atom is -0.349 e.